The summed E-state index contributed by atoms with van der Waals surface area (Å²) in [4.78, 5) is 13.3. The Morgan fingerprint density at radius 1 is 1.22 bits per heavy atom. The van der Waals surface area contributed by atoms with Crippen LogP contribution in [0.25, 0.3) is 0 Å². The van der Waals surface area contributed by atoms with Crippen LogP contribution in [0.15, 0.2) is 29.2 Å². The van der Waals surface area contributed by atoms with E-state index < -0.39 is 14.3 Å². The first-order chi connectivity index (χ1) is 10.6. The topological polar surface area (TPSA) is 46.2 Å². The summed E-state index contributed by atoms with van der Waals surface area (Å²) in [6.45, 7) is 5.65. The molecule has 1 N–H and O–H groups in total. The Morgan fingerprint density at radius 3 is 2.26 bits per heavy atom. The average molecular weight is 356 g/mol. The third-order valence-electron chi connectivity index (χ3n) is 4.92. The van der Waals surface area contributed by atoms with E-state index in [-0.39, 0.29) is 11.9 Å². The molecule has 1 saturated carbocycles. The number of rotatable bonds is 4. The standard InChI is InChI=1S/C18H26ClNO2S/c1-13-5-9-15(10-6-13)20-17(21)18(2,3)23(4,22)16-11-7-14(19)8-12-16/h7-8,11-13,15H,4-6,9-10H2,1-3H3,(H,20,21). The second-order valence-corrected chi connectivity index (χ2v) is 10.3. The molecule has 5 heteroatoms. The SMILES string of the molecule is C=S(=O)(c1ccc(Cl)cc1)C(C)(C)C(=O)NC1CCC(C)CC1. The van der Waals surface area contributed by atoms with Gasteiger partial charge in [-0.25, -0.2) is 0 Å². The lowest BCUT2D eigenvalue weighted by atomic mass is 9.87. The van der Waals surface area contributed by atoms with Crippen molar-refractivity contribution in [2.75, 3.05) is 0 Å². The molecular weight excluding hydrogens is 330 g/mol. The summed E-state index contributed by atoms with van der Waals surface area (Å²) in [5, 5.41) is 3.65. The highest BCUT2D eigenvalue weighted by Gasteiger charge is 2.39. The molecule has 1 fully saturated rings. The molecule has 1 atom stereocenters. The fourth-order valence-electron chi connectivity index (χ4n) is 2.86. The first-order valence-electron chi connectivity index (χ1n) is 8.08. The molecule has 1 aliphatic carbocycles. The molecular formula is C18H26ClNO2S. The van der Waals surface area contributed by atoms with Gasteiger partial charge < -0.3 is 5.32 Å². The predicted octanol–water partition coefficient (Wildman–Crippen LogP) is 3.89. The Balaban J connectivity index is 2.15. The number of benzene rings is 1. The molecule has 1 aromatic rings. The minimum Gasteiger partial charge on any atom is -0.352 e. The van der Waals surface area contributed by atoms with Gasteiger partial charge in [0, 0.05) is 25.5 Å². The summed E-state index contributed by atoms with van der Waals surface area (Å²) >= 11 is 5.89. The zero-order chi connectivity index (χ0) is 17.3. The summed E-state index contributed by atoms with van der Waals surface area (Å²) in [5.74, 6) is 4.43. The Bertz CT molecular complexity index is 657. The van der Waals surface area contributed by atoms with Crippen LogP contribution in [0.2, 0.25) is 5.02 Å². The molecule has 0 saturated heterocycles. The van der Waals surface area contributed by atoms with Gasteiger partial charge in [0.25, 0.3) is 0 Å². The molecule has 1 aromatic carbocycles. The first-order valence-corrected chi connectivity index (χ1v) is 10.2. The lowest BCUT2D eigenvalue weighted by Gasteiger charge is -2.33. The number of halogens is 1. The Kier molecular flexibility index (Phi) is 5.47. The molecule has 1 unspecified atom stereocenters. The summed E-state index contributed by atoms with van der Waals surface area (Å²) in [5.41, 5.74) is 0. The van der Waals surface area contributed by atoms with E-state index in [1.807, 2.05) is 0 Å². The molecule has 1 aliphatic rings. The van der Waals surface area contributed by atoms with Gasteiger partial charge in [0.05, 0.1) is 0 Å². The second kappa shape index (κ2) is 6.86. The molecule has 0 radical (unpaired) electrons. The van der Waals surface area contributed by atoms with Crippen LogP contribution < -0.4 is 5.32 Å². The van der Waals surface area contributed by atoms with Crippen molar-refractivity contribution in [3.05, 3.63) is 29.3 Å². The van der Waals surface area contributed by atoms with Crippen molar-refractivity contribution in [3.8, 4) is 0 Å². The number of amides is 1. The van der Waals surface area contributed by atoms with Crippen molar-refractivity contribution >= 4 is 32.9 Å². The molecule has 0 aromatic heterocycles. The van der Waals surface area contributed by atoms with Gasteiger partial charge in [0.1, 0.15) is 4.75 Å². The molecule has 23 heavy (non-hydrogen) atoms. The number of nitrogens with one attached hydrogen (secondary N) is 1. The van der Waals surface area contributed by atoms with Crippen molar-refractivity contribution in [3.63, 3.8) is 0 Å². The van der Waals surface area contributed by atoms with Crippen molar-refractivity contribution in [2.24, 2.45) is 5.92 Å². The van der Waals surface area contributed by atoms with Crippen LogP contribution in [0, 0.1) is 5.92 Å². The van der Waals surface area contributed by atoms with Crippen LogP contribution in [0.1, 0.15) is 46.5 Å². The summed E-state index contributed by atoms with van der Waals surface area (Å²) in [7, 11) is -2.79. The number of hydrogen-bond donors (Lipinski definition) is 1. The van der Waals surface area contributed by atoms with Crippen molar-refractivity contribution in [1.29, 1.82) is 0 Å². The first kappa shape index (κ1) is 18.3. The van der Waals surface area contributed by atoms with Crippen LogP contribution in [-0.2, 0) is 14.3 Å². The van der Waals surface area contributed by atoms with E-state index >= 15 is 0 Å². The molecule has 0 spiro atoms. The third kappa shape index (κ3) is 3.92. The van der Waals surface area contributed by atoms with Gasteiger partial charge in [-0.2, -0.15) is 0 Å². The molecule has 3 nitrogen and oxygen atoms in total. The van der Waals surface area contributed by atoms with Gasteiger partial charge in [-0.15, -0.1) is 0 Å². The maximum atomic E-state index is 13.2. The fraction of sp³-hybridized carbons (Fsp3) is 0.556. The molecule has 2 rings (SSSR count). The van der Waals surface area contributed by atoms with Crippen LogP contribution >= 0.6 is 11.6 Å². The summed E-state index contributed by atoms with van der Waals surface area (Å²) in [6.07, 6.45) is 4.23. The number of carbonyl (C=O) groups is 1. The van der Waals surface area contributed by atoms with E-state index in [2.05, 4.69) is 18.1 Å². The van der Waals surface area contributed by atoms with E-state index in [1.165, 1.54) is 0 Å². The fourth-order valence-corrected chi connectivity index (χ4v) is 4.51. The predicted molar refractivity (Wildman–Crippen MR) is 98.6 cm³/mol. The van der Waals surface area contributed by atoms with E-state index in [1.54, 1.807) is 38.1 Å². The normalized spacial score (nSPS) is 24.7. The van der Waals surface area contributed by atoms with Crippen LogP contribution in [0.3, 0.4) is 0 Å². The number of carbonyl (C=O) groups excluding carboxylic acids is 1. The maximum Gasteiger partial charge on any atom is 0.238 e. The van der Waals surface area contributed by atoms with Gasteiger partial charge in [0.15, 0.2) is 0 Å². The number of hydrogen-bond acceptors (Lipinski definition) is 2. The molecule has 1 amide bonds. The van der Waals surface area contributed by atoms with Gasteiger partial charge >= 0.3 is 0 Å². The van der Waals surface area contributed by atoms with E-state index in [0.29, 0.717) is 9.92 Å². The quantitative estimate of drug-likeness (QED) is 0.833. The summed E-state index contributed by atoms with van der Waals surface area (Å²) in [6, 6.07) is 6.92. The Morgan fingerprint density at radius 2 is 1.74 bits per heavy atom. The van der Waals surface area contributed by atoms with Gasteiger partial charge in [-0.3, -0.25) is 9.00 Å². The molecule has 0 heterocycles. The van der Waals surface area contributed by atoms with Crippen molar-refractivity contribution in [1.82, 2.24) is 5.32 Å². The van der Waals surface area contributed by atoms with E-state index in [4.69, 9.17) is 11.6 Å². The monoisotopic (exact) mass is 355 g/mol. The zero-order valence-corrected chi connectivity index (χ0v) is 15.7. The lowest BCUT2D eigenvalue weighted by Crippen LogP contribution is -2.51. The Hall–Kier alpha value is -1.00. The molecule has 0 bridgehead atoms. The van der Waals surface area contributed by atoms with Crippen LogP contribution in [-0.4, -0.2) is 26.8 Å². The van der Waals surface area contributed by atoms with Crippen molar-refractivity contribution in [2.45, 2.75) is 62.1 Å². The van der Waals surface area contributed by atoms with Crippen LogP contribution in [0.5, 0.6) is 0 Å². The molecule has 0 aliphatic heterocycles. The zero-order valence-electron chi connectivity index (χ0n) is 14.1. The Labute approximate surface area is 144 Å². The van der Waals surface area contributed by atoms with Gasteiger partial charge in [-0.1, -0.05) is 18.5 Å². The largest absolute Gasteiger partial charge is 0.352 e. The minimum absolute atomic E-state index is 0.179. The highest BCUT2D eigenvalue weighted by Crippen LogP contribution is 2.28. The highest BCUT2D eigenvalue weighted by molar-refractivity contribution is 8.02. The minimum atomic E-state index is -2.79. The maximum absolute atomic E-state index is 13.2. The summed E-state index contributed by atoms with van der Waals surface area (Å²) < 4.78 is 12.2. The highest BCUT2D eigenvalue weighted by atomic mass is 35.5. The average Bonchev–Trinajstić information content (AvgIpc) is 2.49. The lowest BCUT2D eigenvalue weighted by molar-refractivity contribution is -0.123. The second-order valence-electron chi connectivity index (χ2n) is 7.07. The van der Waals surface area contributed by atoms with Gasteiger partial charge in [-0.05, 0) is 75.6 Å². The molecule has 128 valence electrons. The van der Waals surface area contributed by atoms with Gasteiger partial charge in [0.2, 0.25) is 5.91 Å². The van der Waals surface area contributed by atoms with Crippen LogP contribution in [0.4, 0.5) is 0 Å². The van der Waals surface area contributed by atoms with E-state index in [0.717, 1.165) is 31.6 Å². The third-order valence-corrected chi connectivity index (χ3v) is 8.04. The van der Waals surface area contributed by atoms with Crippen molar-refractivity contribution < 1.29 is 9.00 Å². The smallest absolute Gasteiger partial charge is 0.238 e. The van der Waals surface area contributed by atoms with E-state index in [9.17, 15) is 9.00 Å².